The van der Waals surface area contributed by atoms with E-state index in [0.29, 0.717) is 5.16 Å². The molecule has 2 aromatic rings. The van der Waals surface area contributed by atoms with Crippen LogP contribution in [0.2, 0.25) is 0 Å². The SMILES string of the molecule is CC(=O)Nc1nc(SC(C)C)[nH]c(=O)c1NC(=O)c1ccc(F)cc1. The number of benzene rings is 1. The van der Waals surface area contributed by atoms with Crippen LogP contribution in [-0.2, 0) is 4.79 Å². The Morgan fingerprint density at radius 1 is 1.20 bits per heavy atom. The van der Waals surface area contributed by atoms with Crippen LogP contribution in [0.4, 0.5) is 15.9 Å². The van der Waals surface area contributed by atoms with E-state index in [9.17, 15) is 18.8 Å². The smallest absolute Gasteiger partial charge is 0.277 e. The molecule has 1 aromatic heterocycles. The van der Waals surface area contributed by atoms with Gasteiger partial charge in [-0.15, -0.1) is 0 Å². The average molecular weight is 364 g/mol. The van der Waals surface area contributed by atoms with Crippen LogP contribution in [0.15, 0.2) is 34.2 Å². The number of aromatic amines is 1. The first-order chi connectivity index (χ1) is 11.8. The highest BCUT2D eigenvalue weighted by molar-refractivity contribution is 7.99. The van der Waals surface area contributed by atoms with Crippen LogP contribution in [0.3, 0.4) is 0 Å². The fourth-order valence-corrected chi connectivity index (χ4v) is 2.63. The van der Waals surface area contributed by atoms with E-state index < -0.39 is 23.2 Å². The van der Waals surface area contributed by atoms with Crippen molar-refractivity contribution < 1.29 is 14.0 Å². The van der Waals surface area contributed by atoms with Crippen molar-refractivity contribution in [3.63, 3.8) is 0 Å². The number of hydrogen-bond donors (Lipinski definition) is 3. The van der Waals surface area contributed by atoms with Crippen molar-refractivity contribution in [2.45, 2.75) is 31.2 Å². The molecule has 1 heterocycles. The number of rotatable bonds is 5. The monoisotopic (exact) mass is 364 g/mol. The molecule has 0 atom stereocenters. The molecule has 0 unspecified atom stereocenters. The molecular weight excluding hydrogens is 347 g/mol. The van der Waals surface area contributed by atoms with Gasteiger partial charge in [-0.25, -0.2) is 9.37 Å². The summed E-state index contributed by atoms with van der Waals surface area (Å²) in [5, 5.41) is 5.33. The van der Waals surface area contributed by atoms with Gasteiger partial charge in [0.2, 0.25) is 5.91 Å². The molecule has 132 valence electrons. The third-order valence-corrected chi connectivity index (χ3v) is 3.77. The summed E-state index contributed by atoms with van der Waals surface area (Å²) in [4.78, 5) is 42.7. The summed E-state index contributed by atoms with van der Waals surface area (Å²) in [6.45, 7) is 5.11. The first kappa shape index (κ1) is 18.7. The van der Waals surface area contributed by atoms with Crippen molar-refractivity contribution in [1.29, 1.82) is 0 Å². The maximum Gasteiger partial charge on any atom is 0.277 e. The minimum Gasteiger partial charge on any atom is -0.314 e. The van der Waals surface area contributed by atoms with E-state index in [2.05, 4.69) is 20.6 Å². The van der Waals surface area contributed by atoms with Crippen LogP contribution < -0.4 is 16.2 Å². The van der Waals surface area contributed by atoms with E-state index in [4.69, 9.17) is 0 Å². The Morgan fingerprint density at radius 3 is 2.40 bits per heavy atom. The summed E-state index contributed by atoms with van der Waals surface area (Å²) < 4.78 is 13.0. The van der Waals surface area contributed by atoms with Crippen molar-refractivity contribution in [3.8, 4) is 0 Å². The Kier molecular flexibility index (Phi) is 5.92. The second-order valence-corrected chi connectivity index (χ2v) is 6.97. The molecule has 2 rings (SSSR count). The number of carbonyl (C=O) groups excluding carboxylic acids is 2. The molecule has 0 fully saturated rings. The Hall–Kier alpha value is -2.68. The molecule has 7 nitrogen and oxygen atoms in total. The lowest BCUT2D eigenvalue weighted by atomic mass is 10.2. The van der Waals surface area contributed by atoms with E-state index in [-0.39, 0.29) is 22.3 Å². The molecule has 0 aliphatic rings. The van der Waals surface area contributed by atoms with Crippen molar-refractivity contribution in [3.05, 3.63) is 46.0 Å². The summed E-state index contributed by atoms with van der Waals surface area (Å²) in [6, 6.07) is 4.84. The fourth-order valence-electron chi connectivity index (χ4n) is 1.89. The van der Waals surface area contributed by atoms with Crippen LogP contribution in [0.5, 0.6) is 0 Å². The number of nitrogens with one attached hydrogen (secondary N) is 3. The maximum absolute atomic E-state index is 13.0. The van der Waals surface area contributed by atoms with Crippen LogP contribution in [0, 0.1) is 5.82 Å². The zero-order chi connectivity index (χ0) is 18.6. The number of nitrogens with zero attached hydrogens (tertiary/aromatic N) is 1. The first-order valence-corrected chi connectivity index (χ1v) is 8.29. The van der Waals surface area contributed by atoms with E-state index in [1.165, 1.54) is 30.8 Å². The van der Waals surface area contributed by atoms with E-state index in [0.717, 1.165) is 12.1 Å². The van der Waals surface area contributed by atoms with Crippen LogP contribution in [0.25, 0.3) is 0 Å². The van der Waals surface area contributed by atoms with Crippen LogP contribution in [0.1, 0.15) is 31.1 Å². The second-order valence-electron chi connectivity index (χ2n) is 5.40. The van der Waals surface area contributed by atoms with Gasteiger partial charge in [0.25, 0.3) is 11.5 Å². The molecule has 25 heavy (non-hydrogen) atoms. The Bertz CT molecular complexity index is 849. The fraction of sp³-hybridized carbons (Fsp3) is 0.250. The molecular formula is C16H17FN4O3S. The molecule has 0 saturated carbocycles. The first-order valence-electron chi connectivity index (χ1n) is 7.41. The standard InChI is InChI=1S/C16H17FN4O3S/c1-8(2)25-16-20-13(18-9(3)22)12(15(24)21-16)19-14(23)10-4-6-11(17)7-5-10/h4-8H,1-3H3,(H,19,23)(H2,18,20,21,22,24). The van der Waals surface area contributed by atoms with Crippen LogP contribution in [-0.4, -0.2) is 27.0 Å². The molecule has 2 amide bonds. The number of hydrogen-bond acceptors (Lipinski definition) is 5. The Balaban J connectivity index is 2.37. The van der Waals surface area contributed by atoms with Crippen molar-refractivity contribution >= 4 is 35.1 Å². The summed E-state index contributed by atoms with van der Waals surface area (Å²) in [6.07, 6.45) is 0. The number of carbonyl (C=O) groups is 2. The number of anilines is 2. The summed E-state index contributed by atoms with van der Waals surface area (Å²) in [5.41, 5.74) is -0.620. The Morgan fingerprint density at radius 2 is 1.84 bits per heavy atom. The number of amides is 2. The van der Waals surface area contributed by atoms with Crippen molar-refractivity contribution in [2.75, 3.05) is 10.6 Å². The minimum absolute atomic E-state index is 0.0464. The lowest BCUT2D eigenvalue weighted by Gasteiger charge is -2.12. The highest BCUT2D eigenvalue weighted by atomic mass is 32.2. The average Bonchev–Trinajstić information content (AvgIpc) is 2.50. The molecule has 3 N–H and O–H groups in total. The summed E-state index contributed by atoms with van der Waals surface area (Å²) >= 11 is 1.31. The molecule has 0 aliphatic heterocycles. The van der Waals surface area contributed by atoms with Gasteiger partial charge in [-0.3, -0.25) is 19.4 Å². The molecule has 0 aliphatic carbocycles. The van der Waals surface area contributed by atoms with E-state index in [1.54, 1.807) is 0 Å². The lowest BCUT2D eigenvalue weighted by Crippen LogP contribution is -2.24. The van der Waals surface area contributed by atoms with Gasteiger partial charge in [-0.05, 0) is 24.3 Å². The van der Waals surface area contributed by atoms with Gasteiger partial charge in [-0.2, -0.15) is 0 Å². The van der Waals surface area contributed by atoms with Crippen molar-refractivity contribution in [1.82, 2.24) is 9.97 Å². The third kappa shape index (κ3) is 5.15. The zero-order valence-corrected chi connectivity index (χ0v) is 14.7. The highest BCUT2D eigenvalue weighted by Crippen LogP contribution is 2.22. The number of thioether (sulfide) groups is 1. The van der Waals surface area contributed by atoms with Gasteiger partial charge in [0, 0.05) is 17.7 Å². The minimum atomic E-state index is -0.622. The van der Waals surface area contributed by atoms with E-state index >= 15 is 0 Å². The summed E-state index contributed by atoms with van der Waals surface area (Å²) in [7, 11) is 0. The Labute approximate surface area is 147 Å². The number of halogens is 1. The predicted octanol–water partition coefficient (Wildman–Crippen LogP) is 2.62. The second kappa shape index (κ2) is 7.93. The summed E-state index contributed by atoms with van der Waals surface area (Å²) in [5.74, 6) is -1.58. The van der Waals surface area contributed by atoms with Gasteiger partial charge in [0.15, 0.2) is 16.7 Å². The van der Waals surface area contributed by atoms with Crippen molar-refractivity contribution in [2.24, 2.45) is 0 Å². The van der Waals surface area contributed by atoms with Gasteiger partial charge in [-0.1, -0.05) is 25.6 Å². The normalized spacial score (nSPS) is 10.6. The molecule has 0 radical (unpaired) electrons. The highest BCUT2D eigenvalue weighted by Gasteiger charge is 2.17. The van der Waals surface area contributed by atoms with Gasteiger partial charge >= 0.3 is 0 Å². The topological polar surface area (TPSA) is 104 Å². The molecule has 0 saturated heterocycles. The van der Waals surface area contributed by atoms with Gasteiger partial charge in [0.1, 0.15) is 5.82 Å². The maximum atomic E-state index is 13.0. The molecule has 0 spiro atoms. The number of aromatic nitrogens is 2. The van der Waals surface area contributed by atoms with Crippen LogP contribution >= 0.6 is 11.8 Å². The van der Waals surface area contributed by atoms with E-state index in [1.807, 2.05) is 13.8 Å². The van der Waals surface area contributed by atoms with Gasteiger partial charge < -0.3 is 10.6 Å². The molecule has 0 bridgehead atoms. The lowest BCUT2D eigenvalue weighted by molar-refractivity contribution is -0.114. The number of H-pyrrole nitrogens is 1. The quantitative estimate of drug-likeness (QED) is 0.559. The zero-order valence-electron chi connectivity index (χ0n) is 13.8. The predicted molar refractivity (Wildman–Crippen MR) is 94.5 cm³/mol. The molecule has 1 aromatic carbocycles. The largest absolute Gasteiger partial charge is 0.314 e. The molecule has 9 heteroatoms. The van der Waals surface area contributed by atoms with Gasteiger partial charge in [0.05, 0.1) is 0 Å². The third-order valence-electron chi connectivity index (χ3n) is 2.88.